The van der Waals surface area contributed by atoms with Crippen LogP contribution < -0.4 is 0 Å². The first-order valence-corrected chi connectivity index (χ1v) is 7.36. The molecule has 17 heavy (non-hydrogen) atoms. The van der Waals surface area contributed by atoms with Crippen molar-refractivity contribution in [1.82, 2.24) is 9.80 Å². The van der Waals surface area contributed by atoms with Crippen molar-refractivity contribution in [2.45, 2.75) is 53.9 Å². The molecule has 0 radical (unpaired) electrons. The Morgan fingerprint density at radius 3 is 1.88 bits per heavy atom. The standard InChI is InChI=1S/C15H34N2/c1-7-12-17(9-3)14-11-15(4,5)10-13-16(6)8-2/h7-14H2,1-6H3. The highest BCUT2D eigenvalue weighted by Crippen LogP contribution is 2.25. The van der Waals surface area contributed by atoms with Crippen LogP contribution in [0, 0.1) is 5.41 Å². The fourth-order valence-electron chi connectivity index (χ4n) is 1.98. The lowest BCUT2D eigenvalue weighted by Gasteiger charge is -2.30. The molecule has 0 rings (SSSR count). The predicted molar refractivity (Wildman–Crippen MR) is 78.6 cm³/mol. The highest BCUT2D eigenvalue weighted by atomic mass is 15.1. The lowest BCUT2D eigenvalue weighted by atomic mass is 9.85. The zero-order valence-electron chi connectivity index (χ0n) is 13.1. The lowest BCUT2D eigenvalue weighted by molar-refractivity contribution is 0.195. The molecule has 0 amide bonds. The molecule has 0 aliphatic carbocycles. The number of hydrogen-bond donors (Lipinski definition) is 0. The fourth-order valence-corrected chi connectivity index (χ4v) is 1.98. The lowest BCUT2D eigenvalue weighted by Crippen LogP contribution is -2.31. The molecule has 0 fully saturated rings. The molecule has 0 bridgehead atoms. The molecule has 2 nitrogen and oxygen atoms in total. The van der Waals surface area contributed by atoms with Crippen LogP contribution in [0.4, 0.5) is 0 Å². The van der Waals surface area contributed by atoms with Crippen molar-refractivity contribution in [3.8, 4) is 0 Å². The average Bonchev–Trinajstić information content (AvgIpc) is 2.31. The van der Waals surface area contributed by atoms with E-state index in [2.05, 4.69) is 51.5 Å². The van der Waals surface area contributed by atoms with E-state index in [1.807, 2.05) is 0 Å². The van der Waals surface area contributed by atoms with Gasteiger partial charge in [-0.05, 0) is 64.4 Å². The Labute approximate surface area is 109 Å². The zero-order valence-corrected chi connectivity index (χ0v) is 13.1. The second-order valence-electron chi connectivity index (χ2n) is 5.99. The maximum absolute atomic E-state index is 2.57. The van der Waals surface area contributed by atoms with Gasteiger partial charge in [0.25, 0.3) is 0 Å². The van der Waals surface area contributed by atoms with Gasteiger partial charge in [-0.25, -0.2) is 0 Å². The summed E-state index contributed by atoms with van der Waals surface area (Å²) in [5.41, 5.74) is 0.477. The summed E-state index contributed by atoms with van der Waals surface area (Å²) in [7, 11) is 2.21. The summed E-state index contributed by atoms with van der Waals surface area (Å²) in [5, 5.41) is 0. The molecule has 0 saturated heterocycles. The van der Waals surface area contributed by atoms with Crippen LogP contribution in [0.25, 0.3) is 0 Å². The second kappa shape index (κ2) is 8.93. The maximum atomic E-state index is 2.57. The van der Waals surface area contributed by atoms with Crippen LogP contribution >= 0.6 is 0 Å². The van der Waals surface area contributed by atoms with E-state index in [1.165, 1.54) is 45.4 Å². The molecule has 0 spiro atoms. The van der Waals surface area contributed by atoms with Crippen LogP contribution in [0.1, 0.15) is 53.9 Å². The monoisotopic (exact) mass is 242 g/mol. The molecule has 0 aromatic heterocycles. The van der Waals surface area contributed by atoms with Crippen molar-refractivity contribution in [2.24, 2.45) is 5.41 Å². The van der Waals surface area contributed by atoms with Gasteiger partial charge in [0.1, 0.15) is 0 Å². The first kappa shape index (κ1) is 16.9. The summed E-state index contributed by atoms with van der Waals surface area (Å²) >= 11 is 0. The largest absolute Gasteiger partial charge is 0.307 e. The minimum absolute atomic E-state index is 0.477. The minimum Gasteiger partial charge on any atom is -0.307 e. The van der Waals surface area contributed by atoms with Crippen LogP contribution in [0.2, 0.25) is 0 Å². The van der Waals surface area contributed by atoms with E-state index in [-0.39, 0.29) is 0 Å². The van der Waals surface area contributed by atoms with Crippen molar-refractivity contribution in [3.05, 3.63) is 0 Å². The Morgan fingerprint density at radius 2 is 1.41 bits per heavy atom. The van der Waals surface area contributed by atoms with Crippen LogP contribution in [-0.4, -0.2) is 49.6 Å². The van der Waals surface area contributed by atoms with Crippen molar-refractivity contribution in [1.29, 1.82) is 0 Å². The van der Waals surface area contributed by atoms with Gasteiger partial charge in [0, 0.05) is 0 Å². The molecule has 0 heterocycles. The van der Waals surface area contributed by atoms with Crippen LogP contribution in [-0.2, 0) is 0 Å². The van der Waals surface area contributed by atoms with Crippen molar-refractivity contribution >= 4 is 0 Å². The van der Waals surface area contributed by atoms with Crippen LogP contribution in [0.5, 0.6) is 0 Å². The molecule has 104 valence electrons. The summed E-state index contributed by atoms with van der Waals surface area (Å²) in [6, 6.07) is 0. The molecule has 0 aromatic rings. The van der Waals surface area contributed by atoms with Crippen molar-refractivity contribution in [2.75, 3.05) is 39.8 Å². The summed E-state index contributed by atoms with van der Waals surface area (Å²) in [4.78, 5) is 4.98. The average molecular weight is 242 g/mol. The third-order valence-corrected chi connectivity index (χ3v) is 3.80. The van der Waals surface area contributed by atoms with E-state index in [9.17, 15) is 0 Å². The number of rotatable bonds is 10. The third kappa shape index (κ3) is 8.62. The topological polar surface area (TPSA) is 6.48 Å². The molecule has 0 unspecified atom stereocenters. The van der Waals surface area contributed by atoms with E-state index in [1.54, 1.807) is 0 Å². The molecule has 0 saturated carbocycles. The summed E-state index contributed by atoms with van der Waals surface area (Å²) < 4.78 is 0. The molecular formula is C15H34N2. The van der Waals surface area contributed by atoms with Gasteiger partial charge in [-0.2, -0.15) is 0 Å². The molecular weight excluding hydrogens is 208 g/mol. The van der Waals surface area contributed by atoms with E-state index in [4.69, 9.17) is 0 Å². The fraction of sp³-hybridized carbons (Fsp3) is 1.00. The normalized spacial score (nSPS) is 12.7. The first-order valence-electron chi connectivity index (χ1n) is 7.36. The van der Waals surface area contributed by atoms with E-state index >= 15 is 0 Å². The SMILES string of the molecule is CCCN(CC)CCC(C)(C)CCN(C)CC. The van der Waals surface area contributed by atoms with Gasteiger partial charge in [0.15, 0.2) is 0 Å². The number of nitrogens with zero attached hydrogens (tertiary/aromatic N) is 2. The van der Waals surface area contributed by atoms with Gasteiger partial charge in [0.2, 0.25) is 0 Å². The summed E-state index contributed by atoms with van der Waals surface area (Å²) in [5.74, 6) is 0. The molecule has 0 aromatic carbocycles. The molecule has 0 aliphatic rings. The van der Waals surface area contributed by atoms with E-state index < -0.39 is 0 Å². The quantitative estimate of drug-likeness (QED) is 0.579. The predicted octanol–water partition coefficient (Wildman–Crippen LogP) is 3.48. The Bertz CT molecular complexity index is 178. The molecule has 0 N–H and O–H groups in total. The van der Waals surface area contributed by atoms with Gasteiger partial charge >= 0.3 is 0 Å². The molecule has 0 atom stereocenters. The van der Waals surface area contributed by atoms with Gasteiger partial charge in [-0.15, -0.1) is 0 Å². The second-order valence-corrected chi connectivity index (χ2v) is 5.99. The van der Waals surface area contributed by atoms with E-state index in [0.29, 0.717) is 5.41 Å². The highest BCUT2D eigenvalue weighted by molar-refractivity contribution is 4.72. The Balaban J connectivity index is 3.90. The Hall–Kier alpha value is -0.0800. The van der Waals surface area contributed by atoms with Crippen LogP contribution in [0.15, 0.2) is 0 Å². The van der Waals surface area contributed by atoms with Gasteiger partial charge in [0.05, 0.1) is 0 Å². The van der Waals surface area contributed by atoms with Crippen molar-refractivity contribution in [3.63, 3.8) is 0 Å². The van der Waals surface area contributed by atoms with Gasteiger partial charge < -0.3 is 9.80 Å². The Kier molecular flexibility index (Phi) is 8.89. The molecule has 2 heteroatoms. The Morgan fingerprint density at radius 1 is 0.824 bits per heavy atom. The third-order valence-electron chi connectivity index (χ3n) is 3.80. The van der Waals surface area contributed by atoms with E-state index in [0.717, 1.165) is 6.54 Å². The van der Waals surface area contributed by atoms with Crippen LogP contribution in [0.3, 0.4) is 0 Å². The summed E-state index contributed by atoms with van der Waals surface area (Å²) in [6.07, 6.45) is 3.90. The number of hydrogen-bond acceptors (Lipinski definition) is 2. The van der Waals surface area contributed by atoms with Gasteiger partial charge in [-0.1, -0.05) is 34.6 Å². The molecule has 0 aliphatic heterocycles. The maximum Gasteiger partial charge on any atom is -0.00138 e. The summed E-state index contributed by atoms with van der Waals surface area (Å²) in [6.45, 7) is 17.7. The zero-order chi connectivity index (χ0) is 13.3. The highest BCUT2D eigenvalue weighted by Gasteiger charge is 2.19. The smallest absolute Gasteiger partial charge is 0.00138 e. The van der Waals surface area contributed by atoms with Gasteiger partial charge in [-0.3, -0.25) is 0 Å². The minimum atomic E-state index is 0.477. The first-order chi connectivity index (χ1) is 7.95. The van der Waals surface area contributed by atoms with Crippen molar-refractivity contribution < 1.29 is 0 Å².